The van der Waals surface area contributed by atoms with E-state index in [-0.39, 0.29) is 5.91 Å². The number of hydrogen-bond donors (Lipinski definition) is 2. The van der Waals surface area contributed by atoms with Gasteiger partial charge in [-0.25, -0.2) is 4.98 Å². The lowest BCUT2D eigenvalue weighted by Gasteiger charge is -2.21. The number of carbonyl (C=O) groups is 1. The molecule has 1 amide bonds. The van der Waals surface area contributed by atoms with Gasteiger partial charge in [-0.15, -0.1) is 0 Å². The SMILES string of the molecule is NCCn1cnc(C(=O)NCC2CC3CCC2C3)c1. The number of imidazole rings is 1. The van der Waals surface area contributed by atoms with E-state index >= 15 is 0 Å². The van der Waals surface area contributed by atoms with Gasteiger partial charge in [0.1, 0.15) is 5.69 Å². The number of carbonyl (C=O) groups excluding carboxylic acids is 1. The monoisotopic (exact) mass is 262 g/mol. The van der Waals surface area contributed by atoms with Gasteiger partial charge in [-0.2, -0.15) is 0 Å². The normalized spacial score (nSPS) is 28.8. The van der Waals surface area contributed by atoms with Gasteiger partial charge in [-0.1, -0.05) is 6.42 Å². The summed E-state index contributed by atoms with van der Waals surface area (Å²) in [6.07, 6.45) is 8.87. The minimum atomic E-state index is -0.0569. The molecule has 2 aliphatic rings. The fourth-order valence-electron chi connectivity index (χ4n) is 3.69. The maximum Gasteiger partial charge on any atom is 0.271 e. The zero-order valence-electron chi connectivity index (χ0n) is 11.2. The van der Waals surface area contributed by atoms with Gasteiger partial charge in [0.2, 0.25) is 0 Å². The fraction of sp³-hybridized carbons (Fsp3) is 0.714. The fourth-order valence-corrected chi connectivity index (χ4v) is 3.69. The van der Waals surface area contributed by atoms with Gasteiger partial charge in [0, 0.05) is 25.8 Å². The highest BCUT2D eigenvalue weighted by Crippen LogP contribution is 2.47. The van der Waals surface area contributed by atoms with Crippen molar-refractivity contribution in [1.82, 2.24) is 14.9 Å². The molecular weight excluding hydrogens is 240 g/mol. The summed E-state index contributed by atoms with van der Waals surface area (Å²) in [5.74, 6) is 2.41. The second-order valence-corrected chi connectivity index (χ2v) is 5.93. The summed E-state index contributed by atoms with van der Waals surface area (Å²) in [4.78, 5) is 16.1. The third-order valence-electron chi connectivity index (χ3n) is 4.66. The van der Waals surface area contributed by atoms with Crippen molar-refractivity contribution in [2.24, 2.45) is 23.5 Å². The van der Waals surface area contributed by atoms with Gasteiger partial charge in [-0.05, 0) is 37.0 Å². The van der Waals surface area contributed by atoms with Crippen LogP contribution in [-0.2, 0) is 6.54 Å². The molecule has 5 nitrogen and oxygen atoms in total. The quantitative estimate of drug-likeness (QED) is 0.831. The molecule has 1 aromatic heterocycles. The highest BCUT2D eigenvalue weighted by Gasteiger charge is 2.39. The summed E-state index contributed by atoms with van der Waals surface area (Å²) in [6, 6.07) is 0. The second kappa shape index (κ2) is 5.33. The molecule has 1 heterocycles. The number of nitrogens with zero attached hydrogens (tertiary/aromatic N) is 2. The minimum Gasteiger partial charge on any atom is -0.350 e. The van der Waals surface area contributed by atoms with Crippen LogP contribution in [0.15, 0.2) is 12.5 Å². The van der Waals surface area contributed by atoms with Gasteiger partial charge < -0.3 is 15.6 Å². The number of nitrogens with one attached hydrogen (secondary N) is 1. The molecule has 1 aromatic rings. The van der Waals surface area contributed by atoms with Crippen LogP contribution in [0.5, 0.6) is 0 Å². The first-order valence-electron chi connectivity index (χ1n) is 7.26. The standard InChI is InChI=1S/C14H22N4O/c15-3-4-18-8-13(17-9-18)14(19)16-7-12-6-10-1-2-11(12)5-10/h8-12H,1-7,15H2,(H,16,19). The van der Waals surface area contributed by atoms with E-state index in [1.165, 1.54) is 25.7 Å². The molecule has 104 valence electrons. The van der Waals surface area contributed by atoms with Crippen molar-refractivity contribution >= 4 is 5.91 Å². The Labute approximate surface area is 113 Å². The van der Waals surface area contributed by atoms with Crippen molar-refractivity contribution < 1.29 is 4.79 Å². The number of rotatable bonds is 5. The maximum absolute atomic E-state index is 12.0. The molecule has 2 aliphatic carbocycles. The molecule has 0 spiro atoms. The Morgan fingerprint density at radius 3 is 3.05 bits per heavy atom. The summed E-state index contributed by atoms with van der Waals surface area (Å²) in [6.45, 7) is 2.07. The third-order valence-corrected chi connectivity index (χ3v) is 4.66. The van der Waals surface area contributed by atoms with Crippen molar-refractivity contribution in [3.8, 4) is 0 Å². The predicted molar refractivity (Wildman–Crippen MR) is 72.6 cm³/mol. The van der Waals surface area contributed by atoms with Crippen molar-refractivity contribution in [3.05, 3.63) is 18.2 Å². The van der Waals surface area contributed by atoms with Gasteiger partial charge in [0.15, 0.2) is 0 Å². The van der Waals surface area contributed by atoms with Crippen LogP contribution in [0.2, 0.25) is 0 Å². The molecule has 3 unspecified atom stereocenters. The molecule has 3 N–H and O–H groups in total. The van der Waals surface area contributed by atoms with Crippen LogP contribution in [0.25, 0.3) is 0 Å². The van der Waals surface area contributed by atoms with Crippen molar-refractivity contribution in [3.63, 3.8) is 0 Å². The first-order valence-corrected chi connectivity index (χ1v) is 7.26. The van der Waals surface area contributed by atoms with Crippen LogP contribution in [-0.4, -0.2) is 28.5 Å². The molecule has 5 heteroatoms. The molecule has 3 rings (SSSR count). The van der Waals surface area contributed by atoms with Crippen molar-refractivity contribution in [2.45, 2.75) is 32.2 Å². The lowest BCUT2D eigenvalue weighted by atomic mass is 9.89. The second-order valence-electron chi connectivity index (χ2n) is 5.93. The summed E-state index contributed by atoms with van der Waals surface area (Å²) >= 11 is 0. The van der Waals surface area contributed by atoms with Crippen LogP contribution in [0, 0.1) is 17.8 Å². The molecular formula is C14H22N4O. The van der Waals surface area contributed by atoms with Gasteiger partial charge in [0.05, 0.1) is 6.33 Å². The number of hydrogen-bond acceptors (Lipinski definition) is 3. The topological polar surface area (TPSA) is 72.9 Å². The van der Waals surface area contributed by atoms with E-state index in [0.29, 0.717) is 24.7 Å². The Bertz CT molecular complexity index is 456. The lowest BCUT2D eigenvalue weighted by molar-refractivity contribution is 0.0937. The molecule has 19 heavy (non-hydrogen) atoms. The maximum atomic E-state index is 12.0. The van der Waals surface area contributed by atoms with Crippen molar-refractivity contribution in [1.29, 1.82) is 0 Å². The van der Waals surface area contributed by atoms with Crippen LogP contribution in [0.3, 0.4) is 0 Å². The van der Waals surface area contributed by atoms with Gasteiger partial charge in [0.25, 0.3) is 5.91 Å². The predicted octanol–water partition coefficient (Wildman–Crippen LogP) is 1.01. The highest BCUT2D eigenvalue weighted by atomic mass is 16.1. The van der Waals surface area contributed by atoms with Crippen LogP contribution in [0.1, 0.15) is 36.2 Å². The van der Waals surface area contributed by atoms with Gasteiger partial charge in [-0.3, -0.25) is 4.79 Å². The zero-order chi connectivity index (χ0) is 13.2. The Balaban J connectivity index is 1.50. The Kier molecular flexibility index (Phi) is 3.55. The van der Waals surface area contributed by atoms with E-state index in [1.807, 2.05) is 4.57 Å². The Morgan fingerprint density at radius 1 is 1.47 bits per heavy atom. The molecule has 0 saturated heterocycles. The Hall–Kier alpha value is -1.36. The molecule has 2 bridgehead atoms. The van der Waals surface area contributed by atoms with E-state index in [2.05, 4.69) is 10.3 Å². The lowest BCUT2D eigenvalue weighted by Crippen LogP contribution is -2.31. The van der Waals surface area contributed by atoms with E-state index < -0.39 is 0 Å². The van der Waals surface area contributed by atoms with Crippen LogP contribution >= 0.6 is 0 Å². The van der Waals surface area contributed by atoms with E-state index in [9.17, 15) is 4.79 Å². The van der Waals surface area contributed by atoms with Crippen LogP contribution in [0.4, 0.5) is 0 Å². The molecule has 0 radical (unpaired) electrons. The molecule has 3 atom stereocenters. The minimum absolute atomic E-state index is 0.0569. The van der Waals surface area contributed by atoms with Crippen LogP contribution < -0.4 is 11.1 Å². The molecule has 0 aliphatic heterocycles. The average molecular weight is 262 g/mol. The van der Waals surface area contributed by atoms with Gasteiger partial charge >= 0.3 is 0 Å². The smallest absolute Gasteiger partial charge is 0.271 e. The number of amides is 1. The summed E-state index contributed by atoms with van der Waals surface area (Å²) in [5, 5.41) is 3.04. The summed E-state index contributed by atoms with van der Waals surface area (Å²) < 4.78 is 1.85. The molecule has 2 saturated carbocycles. The average Bonchev–Trinajstić information content (AvgIpc) is 3.12. The number of nitrogens with two attached hydrogens (primary N) is 1. The van der Waals surface area contributed by atoms with Crippen molar-refractivity contribution in [2.75, 3.05) is 13.1 Å². The Morgan fingerprint density at radius 2 is 2.37 bits per heavy atom. The zero-order valence-corrected chi connectivity index (χ0v) is 11.2. The first kappa shape index (κ1) is 12.7. The molecule has 0 aromatic carbocycles. The number of fused-ring (bicyclic) bond motifs is 2. The number of aromatic nitrogens is 2. The summed E-state index contributed by atoms with van der Waals surface area (Å²) in [7, 11) is 0. The largest absolute Gasteiger partial charge is 0.350 e. The first-order chi connectivity index (χ1) is 9.26. The van der Waals surface area contributed by atoms with E-state index in [0.717, 1.165) is 18.4 Å². The third kappa shape index (κ3) is 2.66. The van der Waals surface area contributed by atoms with E-state index in [1.54, 1.807) is 12.5 Å². The highest BCUT2D eigenvalue weighted by molar-refractivity contribution is 5.91. The summed E-state index contributed by atoms with van der Waals surface area (Å²) in [5.41, 5.74) is 5.97. The molecule has 2 fully saturated rings. The van der Waals surface area contributed by atoms with E-state index in [4.69, 9.17) is 5.73 Å².